The number of halogens is 1. The molecule has 0 saturated heterocycles. The summed E-state index contributed by atoms with van der Waals surface area (Å²) < 4.78 is 0.554. The van der Waals surface area contributed by atoms with Gasteiger partial charge in [0.2, 0.25) is 0 Å². The van der Waals surface area contributed by atoms with Gasteiger partial charge in [-0.25, -0.2) is 4.98 Å². The zero-order chi connectivity index (χ0) is 9.97. The highest BCUT2D eigenvalue weighted by molar-refractivity contribution is 7.71. The average Bonchev–Trinajstić information content (AvgIpc) is 2.18. The Hall–Kier alpha value is -1.19. The Balaban J connectivity index is 2.61. The van der Waals surface area contributed by atoms with E-state index >= 15 is 0 Å². The lowest BCUT2D eigenvalue weighted by Crippen LogP contribution is -1.85. The van der Waals surface area contributed by atoms with Gasteiger partial charge in [0.25, 0.3) is 0 Å². The van der Waals surface area contributed by atoms with Gasteiger partial charge in [-0.15, -0.1) is 0 Å². The molecular weight excluding hydrogens is 216 g/mol. The van der Waals surface area contributed by atoms with Crippen LogP contribution in [0.5, 0.6) is 0 Å². The van der Waals surface area contributed by atoms with Gasteiger partial charge in [0.05, 0.1) is 12.0 Å². The molecule has 0 bridgehead atoms. The van der Waals surface area contributed by atoms with Crippen LogP contribution in [-0.4, -0.2) is 9.97 Å². The lowest BCUT2D eigenvalue weighted by Gasteiger charge is -2.02. The van der Waals surface area contributed by atoms with E-state index in [0.717, 1.165) is 11.3 Å². The van der Waals surface area contributed by atoms with Crippen molar-refractivity contribution in [2.75, 3.05) is 0 Å². The number of nitrogens with one attached hydrogen (secondary N) is 1. The van der Waals surface area contributed by atoms with E-state index in [4.69, 9.17) is 23.8 Å². The fourth-order valence-electron chi connectivity index (χ4n) is 1.20. The molecule has 2 rings (SSSR count). The van der Waals surface area contributed by atoms with Crippen molar-refractivity contribution in [3.05, 3.63) is 46.3 Å². The van der Waals surface area contributed by atoms with Crippen LogP contribution in [-0.2, 0) is 0 Å². The SMILES string of the molecule is S=c1cc(-c2ccccc2Cl)[nH]cn1. The molecule has 0 spiro atoms. The van der Waals surface area contributed by atoms with E-state index in [1.807, 2.05) is 24.3 Å². The highest BCUT2D eigenvalue weighted by Crippen LogP contribution is 2.24. The van der Waals surface area contributed by atoms with Crippen LogP contribution >= 0.6 is 23.8 Å². The average molecular weight is 223 g/mol. The lowest BCUT2D eigenvalue weighted by atomic mass is 10.1. The molecule has 70 valence electrons. The Bertz CT molecular complexity index is 507. The van der Waals surface area contributed by atoms with Crippen LogP contribution < -0.4 is 0 Å². The highest BCUT2D eigenvalue weighted by Gasteiger charge is 2.01. The van der Waals surface area contributed by atoms with Gasteiger partial charge < -0.3 is 4.98 Å². The zero-order valence-corrected chi connectivity index (χ0v) is 8.77. The molecule has 0 amide bonds. The molecule has 1 N–H and O–H groups in total. The largest absolute Gasteiger partial charge is 0.346 e. The molecule has 0 atom stereocenters. The molecular formula is C10H7ClN2S. The summed E-state index contributed by atoms with van der Waals surface area (Å²) >= 11 is 11.0. The fourth-order valence-corrected chi connectivity index (χ4v) is 1.61. The number of hydrogen-bond acceptors (Lipinski definition) is 2. The third-order valence-corrected chi connectivity index (χ3v) is 2.40. The Morgan fingerprint density at radius 3 is 2.79 bits per heavy atom. The Morgan fingerprint density at radius 1 is 1.29 bits per heavy atom. The van der Waals surface area contributed by atoms with Gasteiger partial charge in [0.15, 0.2) is 0 Å². The minimum atomic E-state index is 0.554. The Kier molecular flexibility index (Phi) is 2.61. The van der Waals surface area contributed by atoms with Gasteiger partial charge in [0, 0.05) is 10.6 Å². The van der Waals surface area contributed by atoms with Crippen LogP contribution in [0.15, 0.2) is 36.7 Å². The van der Waals surface area contributed by atoms with E-state index in [9.17, 15) is 0 Å². The first-order valence-electron chi connectivity index (χ1n) is 4.07. The highest BCUT2D eigenvalue weighted by atomic mass is 35.5. The van der Waals surface area contributed by atoms with Crippen LogP contribution in [0.25, 0.3) is 11.3 Å². The van der Waals surface area contributed by atoms with Crippen molar-refractivity contribution in [3.63, 3.8) is 0 Å². The van der Waals surface area contributed by atoms with Gasteiger partial charge in [-0.05, 0) is 12.1 Å². The van der Waals surface area contributed by atoms with Crippen molar-refractivity contribution >= 4 is 23.8 Å². The van der Waals surface area contributed by atoms with Crippen molar-refractivity contribution in [1.82, 2.24) is 9.97 Å². The van der Waals surface area contributed by atoms with Crippen LogP contribution in [0.2, 0.25) is 5.02 Å². The fraction of sp³-hybridized carbons (Fsp3) is 0. The molecule has 4 heteroatoms. The summed E-state index contributed by atoms with van der Waals surface area (Å²) in [6.07, 6.45) is 1.57. The Labute approximate surface area is 91.6 Å². The number of H-pyrrole nitrogens is 1. The maximum Gasteiger partial charge on any atom is 0.130 e. The number of rotatable bonds is 1. The first kappa shape index (κ1) is 9.37. The van der Waals surface area contributed by atoms with Gasteiger partial charge in [-0.2, -0.15) is 0 Å². The number of benzene rings is 1. The van der Waals surface area contributed by atoms with Gasteiger partial charge in [-0.3, -0.25) is 0 Å². The summed E-state index contributed by atoms with van der Waals surface area (Å²) in [5.41, 5.74) is 1.82. The van der Waals surface area contributed by atoms with Crippen LogP contribution in [0.1, 0.15) is 0 Å². The molecule has 0 saturated carbocycles. The van der Waals surface area contributed by atoms with E-state index in [2.05, 4.69) is 9.97 Å². The molecule has 2 nitrogen and oxygen atoms in total. The van der Waals surface area contributed by atoms with Crippen molar-refractivity contribution in [2.24, 2.45) is 0 Å². The molecule has 0 aliphatic carbocycles. The van der Waals surface area contributed by atoms with Crippen LogP contribution in [0.3, 0.4) is 0 Å². The second kappa shape index (κ2) is 3.90. The smallest absolute Gasteiger partial charge is 0.130 e. The summed E-state index contributed by atoms with van der Waals surface area (Å²) in [6.45, 7) is 0. The third kappa shape index (κ3) is 1.84. The molecule has 1 aromatic carbocycles. The number of hydrogen-bond donors (Lipinski definition) is 1. The van der Waals surface area contributed by atoms with Gasteiger partial charge in [-0.1, -0.05) is 42.0 Å². The summed E-state index contributed by atoms with van der Waals surface area (Å²) in [5.74, 6) is 0. The number of aromatic nitrogens is 2. The van der Waals surface area contributed by atoms with Crippen LogP contribution in [0.4, 0.5) is 0 Å². The summed E-state index contributed by atoms with van der Waals surface area (Å²) in [4.78, 5) is 6.92. The van der Waals surface area contributed by atoms with E-state index in [1.165, 1.54) is 0 Å². The topological polar surface area (TPSA) is 28.7 Å². The predicted octanol–water partition coefficient (Wildman–Crippen LogP) is 3.46. The van der Waals surface area contributed by atoms with Crippen molar-refractivity contribution in [1.29, 1.82) is 0 Å². The summed E-state index contributed by atoms with van der Waals surface area (Å²) in [7, 11) is 0. The molecule has 2 aromatic rings. The second-order valence-corrected chi connectivity index (χ2v) is 3.60. The van der Waals surface area contributed by atoms with E-state index in [-0.39, 0.29) is 0 Å². The number of nitrogens with zero attached hydrogens (tertiary/aromatic N) is 1. The maximum atomic E-state index is 6.04. The minimum Gasteiger partial charge on any atom is -0.346 e. The van der Waals surface area contributed by atoms with Crippen molar-refractivity contribution in [2.45, 2.75) is 0 Å². The van der Waals surface area contributed by atoms with E-state index < -0.39 is 0 Å². The number of aromatic amines is 1. The first-order chi connectivity index (χ1) is 6.77. The molecule has 0 aliphatic heterocycles. The normalized spacial score (nSPS) is 10.1. The zero-order valence-electron chi connectivity index (χ0n) is 7.20. The van der Waals surface area contributed by atoms with Gasteiger partial charge >= 0.3 is 0 Å². The monoisotopic (exact) mass is 222 g/mol. The predicted molar refractivity (Wildman–Crippen MR) is 59.9 cm³/mol. The molecule has 0 aliphatic rings. The van der Waals surface area contributed by atoms with Crippen LogP contribution in [0, 0.1) is 4.64 Å². The van der Waals surface area contributed by atoms with E-state index in [0.29, 0.717) is 9.66 Å². The van der Waals surface area contributed by atoms with Crippen molar-refractivity contribution in [3.8, 4) is 11.3 Å². The lowest BCUT2D eigenvalue weighted by molar-refractivity contribution is 1.16. The molecule has 14 heavy (non-hydrogen) atoms. The molecule has 0 radical (unpaired) electrons. The summed E-state index contributed by atoms with van der Waals surface area (Å²) in [6, 6.07) is 9.38. The molecule has 1 aromatic heterocycles. The molecule has 1 heterocycles. The standard InChI is InChI=1S/C10H7ClN2S/c11-8-4-2-1-3-7(8)9-5-10(14)13-6-12-9/h1-6H,(H,12,13,14). The third-order valence-electron chi connectivity index (χ3n) is 1.84. The second-order valence-electron chi connectivity index (χ2n) is 2.78. The first-order valence-corrected chi connectivity index (χ1v) is 4.85. The Morgan fingerprint density at radius 2 is 2.07 bits per heavy atom. The molecule has 0 unspecified atom stereocenters. The molecule has 0 fully saturated rings. The van der Waals surface area contributed by atoms with Crippen molar-refractivity contribution < 1.29 is 0 Å². The summed E-state index contributed by atoms with van der Waals surface area (Å²) in [5, 5.41) is 0.698. The van der Waals surface area contributed by atoms with Gasteiger partial charge in [0.1, 0.15) is 4.64 Å². The maximum absolute atomic E-state index is 6.04. The quantitative estimate of drug-likeness (QED) is 0.749. The van der Waals surface area contributed by atoms with E-state index in [1.54, 1.807) is 12.4 Å². The minimum absolute atomic E-state index is 0.554.